The molecule has 0 spiro atoms. The summed E-state index contributed by atoms with van der Waals surface area (Å²) in [6.07, 6.45) is 2.10. The number of carbonyl (C=O) groups is 1. The molecule has 1 aliphatic rings. The maximum Gasteiger partial charge on any atom is 0.232 e. The second-order valence-corrected chi connectivity index (χ2v) is 6.95. The molecular weight excluding hydrogens is 244 g/mol. The molecule has 0 saturated carbocycles. The van der Waals surface area contributed by atoms with Crippen LogP contribution in [0.1, 0.15) is 33.6 Å². The number of nitrogens with zero attached hydrogens (tertiary/aromatic N) is 1. The Morgan fingerprint density at radius 2 is 2.12 bits per heavy atom. The lowest BCUT2D eigenvalue weighted by atomic mass is 10.1. The van der Waals surface area contributed by atoms with Gasteiger partial charge in [0.05, 0.1) is 5.75 Å². The SMILES string of the molecule is CC(C)(C)SCC(=O)N1CCCC(N)C1.Cl. The highest BCUT2D eigenvalue weighted by Crippen LogP contribution is 2.23. The van der Waals surface area contributed by atoms with Crippen molar-refractivity contribution in [1.29, 1.82) is 0 Å². The normalized spacial score (nSPS) is 21.5. The molecule has 5 heteroatoms. The number of rotatable bonds is 2. The van der Waals surface area contributed by atoms with Crippen molar-refractivity contribution in [3.05, 3.63) is 0 Å². The van der Waals surface area contributed by atoms with Crippen molar-refractivity contribution in [1.82, 2.24) is 4.90 Å². The van der Waals surface area contributed by atoms with Crippen molar-refractivity contribution in [2.45, 2.75) is 44.4 Å². The van der Waals surface area contributed by atoms with Gasteiger partial charge in [-0.1, -0.05) is 20.8 Å². The fourth-order valence-electron chi connectivity index (χ4n) is 1.61. The number of hydrogen-bond acceptors (Lipinski definition) is 3. The van der Waals surface area contributed by atoms with Crippen LogP contribution in [0, 0.1) is 0 Å². The third-order valence-electron chi connectivity index (χ3n) is 2.44. The van der Waals surface area contributed by atoms with Crippen LogP contribution in [0.25, 0.3) is 0 Å². The number of amides is 1. The predicted octanol–water partition coefficient (Wildman–Crippen LogP) is 1.89. The van der Waals surface area contributed by atoms with Gasteiger partial charge in [0.25, 0.3) is 0 Å². The Labute approximate surface area is 109 Å². The maximum atomic E-state index is 11.8. The molecule has 0 aliphatic carbocycles. The van der Waals surface area contributed by atoms with E-state index in [-0.39, 0.29) is 29.1 Å². The number of carbonyl (C=O) groups excluding carboxylic acids is 1. The second kappa shape index (κ2) is 6.72. The molecule has 1 unspecified atom stereocenters. The zero-order valence-corrected chi connectivity index (χ0v) is 12.0. The molecule has 1 saturated heterocycles. The summed E-state index contributed by atoms with van der Waals surface area (Å²) >= 11 is 1.70. The topological polar surface area (TPSA) is 46.3 Å². The van der Waals surface area contributed by atoms with Crippen molar-refractivity contribution >= 4 is 30.1 Å². The van der Waals surface area contributed by atoms with E-state index in [0.29, 0.717) is 5.75 Å². The zero-order valence-electron chi connectivity index (χ0n) is 10.4. The van der Waals surface area contributed by atoms with E-state index in [2.05, 4.69) is 20.8 Å². The van der Waals surface area contributed by atoms with Gasteiger partial charge in [0.15, 0.2) is 0 Å². The maximum absolute atomic E-state index is 11.8. The second-order valence-electron chi connectivity index (χ2n) is 5.14. The first kappa shape index (κ1) is 16.1. The summed E-state index contributed by atoms with van der Waals surface area (Å²) in [6, 6.07) is 0.183. The van der Waals surface area contributed by atoms with Crippen LogP contribution in [0.4, 0.5) is 0 Å². The summed E-state index contributed by atoms with van der Waals surface area (Å²) in [7, 11) is 0. The minimum absolute atomic E-state index is 0. The van der Waals surface area contributed by atoms with Gasteiger partial charge in [0.2, 0.25) is 5.91 Å². The molecule has 3 nitrogen and oxygen atoms in total. The Hall–Kier alpha value is 0.0700. The first-order valence-corrected chi connectivity index (χ1v) is 6.54. The van der Waals surface area contributed by atoms with Crippen LogP contribution in [0.15, 0.2) is 0 Å². The van der Waals surface area contributed by atoms with Crippen LogP contribution < -0.4 is 5.73 Å². The van der Waals surface area contributed by atoms with Crippen molar-refractivity contribution in [2.24, 2.45) is 5.73 Å². The molecule has 1 aliphatic heterocycles. The summed E-state index contributed by atoms with van der Waals surface area (Å²) in [5.74, 6) is 0.820. The third-order valence-corrected chi connectivity index (χ3v) is 3.70. The van der Waals surface area contributed by atoms with Crippen molar-refractivity contribution in [3.8, 4) is 0 Å². The fourth-order valence-corrected chi connectivity index (χ4v) is 2.35. The Morgan fingerprint density at radius 1 is 1.50 bits per heavy atom. The van der Waals surface area contributed by atoms with E-state index in [1.807, 2.05) is 4.90 Å². The Kier molecular flexibility index (Phi) is 6.75. The largest absolute Gasteiger partial charge is 0.340 e. The standard InChI is InChI=1S/C11H22N2OS.ClH/c1-11(2,3)15-8-10(14)13-6-4-5-9(12)7-13;/h9H,4-8,12H2,1-3H3;1H. The molecule has 16 heavy (non-hydrogen) atoms. The molecule has 1 rings (SSSR count). The Balaban J connectivity index is 0.00000225. The molecule has 1 fully saturated rings. The minimum Gasteiger partial charge on any atom is -0.340 e. The molecule has 1 atom stereocenters. The van der Waals surface area contributed by atoms with Gasteiger partial charge in [-0.15, -0.1) is 24.2 Å². The van der Waals surface area contributed by atoms with Gasteiger partial charge in [0, 0.05) is 23.9 Å². The molecule has 0 aromatic rings. The smallest absolute Gasteiger partial charge is 0.232 e. The Morgan fingerprint density at radius 3 is 2.62 bits per heavy atom. The van der Waals surface area contributed by atoms with E-state index in [9.17, 15) is 4.79 Å². The van der Waals surface area contributed by atoms with Crippen LogP contribution >= 0.6 is 24.2 Å². The van der Waals surface area contributed by atoms with E-state index >= 15 is 0 Å². The fraction of sp³-hybridized carbons (Fsp3) is 0.909. The highest BCUT2D eigenvalue weighted by atomic mass is 35.5. The van der Waals surface area contributed by atoms with Gasteiger partial charge in [0.1, 0.15) is 0 Å². The van der Waals surface area contributed by atoms with Gasteiger partial charge in [-0.25, -0.2) is 0 Å². The van der Waals surface area contributed by atoms with Crippen LogP contribution in [0.2, 0.25) is 0 Å². The monoisotopic (exact) mass is 266 g/mol. The number of piperidine rings is 1. The molecule has 0 aromatic carbocycles. The Bertz CT molecular complexity index is 231. The van der Waals surface area contributed by atoms with Crippen LogP contribution in [0.5, 0.6) is 0 Å². The van der Waals surface area contributed by atoms with Gasteiger partial charge >= 0.3 is 0 Å². The quantitative estimate of drug-likeness (QED) is 0.830. The lowest BCUT2D eigenvalue weighted by molar-refractivity contribution is -0.129. The highest BCUT2D eigenvalue weighted by Gasteiger charge is 2.22. The van der Waals surface area contributed by atoms with E-state index in [4.69, 9.17) is 5.73 Å². The first-order valence-electron chi connectivity index (χ1n) is 5.56. The third kappa shape index (κ3) is 5.97. The summed E-state index contributed by atoms with van der Waals surface area (Å²) < 4.78 is 0.160. The van der Waals surface area contributed by atoms with Gasteiger partial charge in [-0.05, 0) is 12.8 Å². The highest BCUT2D eigenvalue weighted by molar-refractivity contribution is 8.01. The number of likely N-dealkylation sites (tertiary alicyclic amines) is 1. The molecule has 2 N–H and O–H groups in total. The number of hydrogen-bond donors (Lipinski definition) is 1. The number of nitrogens with two attached hydrogens (primary N) is 1. The summed E-state index contributed by atoms with van der Waals surface area (Å²) in [4.78, 5) is 13.7. The first-order chi connectivity index (χ1) is 6.88. The lowest BCUT2D eigenvalue weighted by Gasteiger charge is -2.31. The van der Waals surface area contributed by atoms with Crippen LogP contribution in [-0.4, -0.2) is 40.4 Å². The molecule has 96 valence electrons. The van der Waals surface area contributed by atoms with Gasteiger partial charge < -0.3 is 10.6 Å². The lowest BCUT2D eigenvalue weighted by Crippen LogP contribution is -2.46. The van der Waals surface area contributed by atoms with E-state index < -0.39 is 0 Å². The van der Waals surface area contributed by atoms with Gasteiger partial charge in [-0.2, -0.15) is 0 Å². The molecule has 0 radical (unpaired) electrons. The zero-order chi connectivity index (χ0) is 11.5. The minimum atomic E-state index is 0. The molecular formula is C11H23ClN2OS. The number of halogens is 1. The average Bonchev–Trinajstić information content (AvgIpc) is 2.13. The summed E-state index contributed by atoms with van der Waals surface area (Å²) in [6.45, 7) is 8.02. The predicted molar refractivity (Wildman–Crippen MR) is 73.2 cm³/mol. The van der Waals surface area contributed by atoms with E-state index in [1.165, 1.54) is 0 Å². The van der Waals surface area contributed by atoms with Crippen molar-refractivity contribution in [3.63, 3.8) is 0 Å². The van der Waals surface area contributed by atoms with E-state index in [0.717, 1.165) is 25.9 Å². The summed E-state index contributed by atoms with van der Waals surface area (Å²) in [5.41, 5.74) is 5.84. The van der Waals surface area contributed by atoms with Crippen LogP contribution in [0.3, 0.4) is 0 Å². The average molecular weight is 267 g/mol. The molecule has 1 amide bonds. The summed E-state index contributed by atoms with van der Waals surface area (Å²) in [5, 5.41) is 0. The molecule has 0 bridgehead atoms. The molecule has 1 heterocycles. The van der Waals surface area contributed by atoms with Crippen molar-refractivity contribution in [2.75, 3.05) is 18.8 Å². The van der Waals surface area contributed by atoms with Crippen LogP contribution in [-0.2, 0) is 4.79 Å². The number of thioether (sulfide) groups is 1. The van der Waals surface area contributed by atoms with Crippen molar-refractivity contribution < 1.29 is 4.79 Å². The van der Waals surface area contributed by atoms with E-state index in [1.54, 1.807) is 11.8 Å². The van der Waals surface area contributed by atoms with Gasteiger partial charge in [-0.3, -0.25) is 4.79 Å². The molecule has 0 aromatic heterocycles.